The van der Waals surface area contributed by atoms with Crippen LogP contribution >= 0.6 is 0 Å². The minimum Gasteiger partial charge on any atom is -0.466 e. The molecule has 0 bridgehead atoms. The molecular formula is C76H145NO5. The number of esters is 1. The van der Waals surface area contributed by atoms with Gasteiger partial charge >= 0.3 is 5.97 Å². The normalized spacial score (nSPS) is 12.7. The average molecular weight is 1150 g/mol. The van der Waals surface area contributed by atoms with E-state index in [1.54, 1.807) is 6.08 Å². The number of hydrogen-bond donors (Lipinski definition) is 3. The zero-order valence-corrected chi connectivity index (χ0v) is 55.5. The summed E-state index contributed by atoms with van der Waals surface area (Å²) in [6.45, 7) is 4.91. The van der Waals surface area contributed by atoms with Crippen LogP contribution in [0.1, 0.15) is 412 Å². The molecule has 484 valence electrons. The molecule has 3 N–H and O–H groups in total. The molecule has 2 atom stereocenters. The number of hydrogen-bond acceptors (Lipinski definition) is 5. The maximum absolute atomic E-state index is 12.5. The summed E-state index contributed by atoms with van der Waals surface area (Å²) >= 11 is 0. The Morgan fingerprint density at radius 3 is 0.951 bits per heavy atom. The van der Waals surface area contributed by atoms with Crippen molar-refractivity contribution in [1.82, 2.24) is 5.32 Å². The van der Waals surface area contributed by atoms with E-state index in [0.717, 1.165) is 51.4 Å². The van der Waals surface area contributed by atoms with Crippen molar-refractivity contribution in [2.24, 2.45) is 0 Å². The molecule has 1 amide bonds. The molecular weight excluding hydrogens is 1010 g/mol. The van der Waals surface area contributed by atoms with Crippen LogP contribution in [0.5, 0.6) is 0 Å². The molecule has 0 aromatic carbocycles. The Kier molecular flexibility index (Phi) is 69.9. The number of aliphatic hydroxyl groups excluding tert-OH is 2. The second-order valence-electron chi connectivity index (χ2n) is 25.6. The number of aliphatic hydroxyl groups is 2. The van der Waals surface area contributed by atoms with E-state index in [9.17, 15) is 19.8 Å². The van der Waals surface area contributed by atoms with Crippen LogP contribution in [-0.2, 0) is 14.3 Å². The van der Waals surface area contributed by atoms with Gasteiger partial charge in [-0.3, -0.25) is 9.59 Å². The number of amides is 1. The van der Waals surface area contributed by atoms with E-state index in [1.165, 1.54) is 334 Å². The van der Waals surface area contributed by atoms with Crippen molar-refractivity contribution in [3.05, 3.63) is 36.5 Å². The fourth-order valence-electron chi connectivity index (χ4n) is 11.7. The molecule has 0 radical (unpaired) electrons. The smallest absolute Gasteiger partial charge is 0.305 e. The Labute approximate surface area is 513 Å². The number of nitrogens with one attached hydrogen (secondary N) is 1. The lowest BCUT2D eigenvalue weighted by Crippen LogP contribution is -2.45. The third-order valence-corrected chi connectivity index (χ3v) is 17.4. The SMILES string of the molecule is CCCCC/C=C\C/C=C\CCCCCCCC(=O)OCCCCCCCCCCCCCCCCCCCCCCCCCCCCCCCCCCCC(=O)NC(CO)C(O)/C=C/CCCCCCCCCCCCCCCCC. The van der Waals surface area contributed by atoms with Gasteiger partial charge in [0, 0.05) is 12.8 Å². The standard InChI is InChI=1S/C76H145NO5/c1-3-5-7-9-11-13-15-17-19-37-41-44-48-52-56-60-64-68-74(79)73(72-78)77-75(80)69-65-61-57-53-49-45-42-38-35-33-31-29-27-25-23-21-20-22-24-26-28-30-32-34-36-39-43-47-51-55-59-63-67-71-82-76(81)70-66-62-58-54-50-46-40-18-16-14-12-10-8-6-4-2/h12,14,18,40,64,68,73-74,78-79H,3-11,13,15-17,19-39,41-63,65-67,69-72H2,1-2H3,(H,77,80)/b14-12-,40-18-,68-64+. The van der Waals surface area contributed by atoms with Gasteiger partial charge in [0.25, 0.3) is 0 Å². The summed E-state index contributed by atoms with van der Waals surface area (Å²) in [7, 11) is 0. The number of carbonyl (C=O) groups is 2. The summed E-state index contributed by atoms with van der Waals surface area (Å²) in [4.78, 5) is 24.6. The molecule has 0 fully saturated rings. The van der Waals surface area contributed by atoms with E-state index in [1.807, 2.05) is 6.08 Å². The molecule has 2 unspecified atom stereocenters. The molecule has 0 rings (SSSR count). The molecule has 0 aliphatic carbocycles. The van der Waals surface area contributed by atoms with Crippen molar-refractivity contribution in [1.29, 1.82) is 0 Å². The Morgan fingerprint density at radius 2 is 0.610 bits per heavy atom. The van der Waals surface area contributed by atoms with Gasteiger partial charge in [0.1, 0.15) is 0 Å². The lowest BCUT2D eigenvalue weighted by Gasteiger charge is -2.20. The predicted molar refractivity (Wildman–Crippen MR) is 361 cm³/mol. The van der Waals surface area contributed by atoms with Crippen LogP contribution in [0.3, 0.4) is 0 Å². The number of unbranched alkanes of at least 4 members (excludes halogenated alkanes) is 55. The highest BCUT2D eigenvalue weighted by Crippen LogP contribution is 2.19. The monoisotopic (exact) mass is 1150 g/mol. The minimum absolute atomic E-state index is 0.00782. The maximum Gasteiger partial charge on any atom is 0.305 e. The number of rotatable bonds is 70. The lowest BCUT2D eigenvalue weighted by molar-refractivity contribution is -0.143. The van der Waals surface area contributed by atoms with Crippen LogP contribution in [0.15, 0.2) is 36.5 Å². The third-order valence-electron chi connectivity index (χ3n) is 17.4. The highest BCUT2D eigenvalue weighted by molar-refractivity contribution is 5.76. The molecule has 0 aliphatic heterocycles. The van der Waals surface area contributed by atoms with E-state index < -0.39 is 12.1 Å². The molecule has 0 saturated carbocycles. The first-order valence-corrected chi connectivity index (χ1v) is 37.3. The molecule has 0 spiro atoms. The summed E-state index contributed by atoms with van der Waals surface area (Å²) in [5.41, 5.74) is 0. The predicted octanol–water partition coefficient (Wildman–Crippen LogP) is 24.3. The Bertz CT molecular complexity index is 1330. The highest BCUT2D eigenvalue weighted by atomic mass is 16.5. The average Bonchev–Trinajstić information content (AvgIpc) is 3.48. The fourth-order valence-corrected chi connectivity index (χ4v) is 11.7. The third kappa shape index (κ3) is 67.2. The van der Waals surface area contributed by atoms with Crippen molar-refractivity contribution >= 4 is 11.9 Å². The molecule has 82 heavy (non-hydrogen) atoms. The Balaban J connectivity index is 3.34. The minimum atomic E-state index is -0.841. The van der Waals surface area contributed by atoms with Crippen molar-refractivity contribution in [3.8, 4) is 0 Å². The first-order chi connectivity index (χ1) is 40.5. The number of allylic oxidation sites excluding steroid dienone is 5. The summed E-state index contributed by atoms with van der Waals surface area (Å²) in [5, 5.41) is 23.2. The quantitative estimate of drug-likeness (QED) is 0.0320. The van der Waals surface area contributed by atoms with Crippen molar-refractivity contribution < 1.29 is 24.5 Å². The molecule has 0 aromatic rings. The van der Waals surface area contributed by atoms with E-state index in [-0.39, 0.29) is 18.5 Å². The lowest BCUT2D eigenvalue weighted by atomic mass is 10.0. The van der Waals surface area contributed by atoms with Crippen LogP contribution in [0, 0.1) is 0 Å². The van der Waals surface area contributed by atoms with Gasteiger partial charge in [0.05, 0.1) is 25.4 Å². The molecule has 6 nitrogen and oxygen atoms in total. The van der Waals surface area contributed by atoms with Crippen LogP contribution < -0.4 is 5.32 Å². The first-order valence-electron chi connectivity index (χ1n) is 37.3. The van der Waals surface area contributed by atoms with Crippen LogP contribution in [-0.4, -0.2) is 47.4 Å². The molecule has 0 aliphatic rings. The molecule has 0 heterocycles. The molecule has 0 saturated heterocycles. The van der Waals surface area contributed by atoms with Crippen molar-refractivity contribution in [2.75, 3.05) is 13.2 Å². The summed E-state index contributed by atoms with van der Waals surface area (Å²) in [5.74, 6) is -0.0522. The molecule has 6 heteroatoms. The van der Waals surface area contributed by atoms with Gasteiger partial charge in [-0.25, -0.2) is 0 Å². The van der Waals surface area contributed by atoms with Gasteiger partial charge in [0.2, 0.25) is 5.91 Å². The maximum atomic E-state index is 12.5. The zero-order valence-electron chi connectivity index (χ0n) is 55.5. The van der Waals surface area contributed by atoms with E-state index in [0.29, 0.717) is 19.4 Å². The Hall–Kier alpha value is -1.92. The van der Waals surface area contributed by atoms with Crippen LogP contribution in [0.4, 0.5) is 0 Å². The molecule has 0 aromatic heterocycles. The van der Waals surface area contributed by atoms with Crippen LogP contribution in [0.2, 0.25) is 0 Å². The van der Waals surface area contributed by atoms with Crippen molar-refractivity contribution in [2.45, 2.75) is 424 Å². The summed E-state index contributed by atoms with van der Waals surface area (Å²) < 4.78 is 5.49. The number of ether oxygens (including phenoxy) is 1. The van der Waals surface area contributed by atoms with Gasteiger partial charge in [-0.2, -0.15) is 0 Å². The van der Waals surface area contributed by atoms with Gasteiger partial charge in [-0.15, -0.1) is 0 Å². The number of carbonyl (C=O) groups excluding carboxylic acids is 2. The second-order valence-corrected chi connectivity index (χ2v) is 25.6. The highest BCUT2D eigenvalue weighted by Gasteiger charge is 2.18. The van der Waals surface area contributed by atoms with Crippen molar-refractivity contribution in [3.63, 3.8) is 0 Å². The zero-order chi connectivity index (χ0) is 59.2. The summed E-state index contributed by atoms with van der Waals surface area (Å²) in [6.07, 6.45) is 92.5. The largest absolute Gasteiger partial charge is 0.466 e. The second kappa shape index (κ2) is 71.6. The summed E-state index contributed by atoms with van der Waals surface area (Å²) in [6, 6.07) is -0.624. The Morgan fingerprint density at radius 1 is 0.341 bits per heavy atom. The first kappa shape index (κ1) is 80.1. The van der Waals surface area contributed by atoms with E-state index in [4.69, 9.17) is 4.74 Å². The van der Waals surface area contributed by atoms with E-state index >= 15 is 0 Å². The van der Waals surface area contributed by atoms with Gasteiger partial charge in [-0.05, 0) is 64.2 Å². The van der Waals surface area contributed by atoms with Crippen LogP contribution in [0.25, 0.3) is 0 Å². The van der Waals surface area contributed by atoms with Gasteiger partial charge in [-0.1, -0.05) is 371 Å². The van der Waals surface area contributed by atoms with Gasteiger partial charge in [0.15, 0.2) is 0 Å². The van der Waals surface area contributed by atoms with Gasteiger partial charge < -0.3 is 20.3 Å². The topological polar surface area (TPSA) is 95.9 Å². The van der Waals surface area contributed by atoms with E-state index in [2.05, 4.69) is 43.5 Å². The fraction of sp³-hybridized carbons (Fsp3) is 0.895.